The number of aryl methyl sites for hydroxylation is 2. The van der Waals surface area contributed by atoms with E-state index in [4.69, 9.17) is 0 Å². The van der Waals surface area contributed by atoms with Gasteiger partial charge in [0.25, 0.3) is 0 Å². The lowest BCUT2D eigenvalue weighted by molar-refractivity contribution is 0.297. The fraction of sp³-hybridized carbons (Fsp3) is 0.750. The van der Waals surface area contributed by atoms with Crippen molar-refractivity contribution < 1.29 is 0 Å². The summed E-state index contributed by atoms with van der Waals surface area (Å²) in [6.45, 7) is 7.19. The predicted octanol–water partition coefficient (Wildman–Crippen LogP) is 3.33. The SMILES string of the molecule is CC(NCCN1CCSCC1)c1cc2c(s1)CCCC2. The van der Waals surface area contributed by atoms with Crippen LogP contribution in [-0.2, 0) is 12.8 Å². The maximum Gasteiger partial charge on any atom is 0.0386 e. The van der Waals surface area contributed by atoms with E-state index in [0.717, 1.165) is 6.54 Å². The number of hydrogen-bond donors (Lipinski definition) is 1. The smallest absolute Gasteiger partial charge is 0.0386 e. The third-order valence-corrected chi connectivity index (χ3v) is 6.79. The predicted molar refractivity (Wildman–Crippen MR) is 91.1 cm³/mol. The first-order valence-electron chi connectivity index (χ1n) is 7.98. The lowest BCUT2D eigenvalue weighted by Gasteiger charge is -2.26. The molecule has 4 heteroatoms. The van der Waals surface area contributed by atoms with E-state index in [1.54, 1.807) is 15.3 Å². The molecule has 1 N–H and O–H groups in total. The highest BCUT2D eigenvalue weighted by Crippen LogP contribution is 2.32. The average Bonchev–Trinajstić information content (AvgIpc) is 2.92. The molecule has 0 radical (unpaired) electrons. The zero-order chi connectivity index (χ0) is 13.8. The van der Waals surface area contributed by atoms with Gasteiger partial charge in [0, 0.05) is 53.5 Å². The first-order valence-corrected chi connectivity index (χ1v) is 9.95. The van der Waals surface area contributed by atoms with E-state index >= 15 is 0 Å². The Morgan fingerprint density at radius 1 is 1.25 bits per heavy atom. The summed E-state index contributed by atoms with van der Waals surface area (Å²) in [5.41, 5.74) is 1.64. The monoisotopic (exact) mass is 310 g/mol. The van der Waals surface area contributed by atoms with E-state index < -0.39 is 0 Å². The van der Waals surface area contributed by atoms with Crippen molar-refractivity contribution in [3.8, 4) is 0 Å². The maximum absolute atomic E-state index is 3.72. The number of hydrogen-bond acceptors (Lipinski definition) is 4. The van der Waals surface area contributed by atoms with Crippen LogP contribution in [-0.4, -0.2) is 42.6 Å². The Balaban J connectivity index is 1.46. The normalized spacial score (nSPS) is 21.6. The first kappa shape index (κ1) is 14.9. The van der Waals surface area contributed by atoms with E-state index in [2.05, 4.69) is 46.3 Å². The lowest BCUT2D eigenvalue weighted by atomic mass is 9.99. The zero-order valence-corrected chi connectivity index (χ0v) is 14.1. The van der Waals surface area contributed by atoms with Crippen LogP contribution >= 0.6 is 23.1 Å². The third-order valence-electron chi connectivity index (χ3n) is 4.42. The molecule has 1 aromatic rings. The van der Waals surface area contributed by atoms with Gasteiger partial charge in [0.2, 0.25) is 0 Å². The minimum Gasteiger partial charge on any atom is -0.308 e. The van der Waals surface area contributed by atoms with Gasteiger partial charge in [-0.05, 0) is 44.2 Å². The molecule has 0 amide bonds. The highest BCUT2D eigenvalue weighted by atomic mass is 32.2. The Labute approximate surface area is 131 Å². The van der Waals surface area contributed by atoms with Gasteiger partial charge in [0.05, 0.1) is 0 Å². The number of nitrogens with zero attached hydrogens (tertiary/aromatic N) is 1. The maximum atomic E-state index is 3.72. The summed E-state index contributed by atoms with van der Waals surface area (Å²) < 4.78 is 0. The van der Waals surface area contributed by atoms with Gasteiger partial charge in [-0.1, -0.05) is 0 Å². The van der Waals surface area contributed by atoms with Gasteiger partial charge in [-0.15, -0.1) is 11.3 Å². The summed E-state index contributed by atoms with van der Waals surface area (Å²) in [4.78, 5) is 5.80. The van der Waals surface area contributed by atoms with Crippen molar-refractivity contribution in [3.63, 3.8) is 0 Å². The highest BCUT2D eigenvalue weighted by Gasteiger charge is 2.16. The molecule has 1 aliphatic heterocycles. The molecule has 20 heavy (non-hydrogen) atoms. The summed E-state index contributed by atoms with van der Waals surface area (Å²) in [5.74, 6) is 2.63. The quantitative estimate of drug-likeness (QED) is 0.898. The van der Waals surface area contributed by atoms with Gasteiger partial charge in [0.15, 0.2) is 0 Å². The molecular weight excluding hydrogens is 284 g/mol. The Morgan fingerprint density at radius 2 is 2.05 bits per heavy atom. The zero-order valence-electron chi connectivity index (χ0n) is 12.5. The average molecular weight is 311 g/mol. The van der Waals surface area contributed by atoms with Crippen molar-refractivity contribution >= 4 is 23.1 Å². The number of rotatable bonds is 5. The fourth-order valence-corrected chi connectivity index (χ4v) is 5.35. The molecule has 112 valence electrons. The van der Waals surface area contributed by atoms with Gasteiger partial charge in [-0.3, -0.25) is 0 Å². The molecule has 2 nitrogen and oxygen atoms in total. The topological polar surface area (TPSA) is 15.3 Å². The van der Waals surface area contributed by atoms with Gasteiger partial charge in [0.1, 0.15) is 0 Å². The van der Waals surface area contributed by atoms with Crippen LogP contribution in [0.1, 0.15) is 41.1 Å². The standard InChI is InChI=1S/C16H26N2S2/c1-13(17-6-7-18-8-10-19-11-9-18)16-12-14-4-2-3-5-15(14)20-16/h12-13,17H,2-11H2,1H3. The van der Waals surface area contributed by atoms with E-state index in [1.165, 1.54) is 56.8 Å². The first-order chi connectivity index (χ1) is 9.83. The van der Waals surface area contributed by atoms with Crippen LogP contribution in [0.2, 0.25) is 0 Å². The summed E-state index contributed by atoms with van der Waals surface area (Å²) in [6.07, 6.45) is 5.40. The second-order valence-corrected chi connectivity index (χ2v) is 8.33. The molecule has 1 aromatic heterocycles. The van der Waals surface area contributed by atoms with Crippen molar-refractivity contribution in [1.82, 2.24) is 10.2 Å². The van der Waals surface area contributed by atoms with Crippen LogP contribution in [0.3, 0.4) is 0 Å². The number of fused-ring (bicyclic) bond motifs is 1. The number of nitrogens with one attached hydrogen (secondary N) is 1. The molecule has 0 aromatic carbocycles. The van der Waals surface area contributed by atoms with Crippen molar-refractivity contribution in [3.05, 3.63) is 21.4 Å². The number of thiophene rings is 1. The van der Waals surface area contributed by atoms with E-state index in [0.29, 0.717) is 6.04 Å². The molecular formula is C16H26N2S2. The molecule has 1 atom stereocenters. The van der Waals surface area contributed by atoms with Gasteiger partial charge in [-0.2, -0.15) is 11.8 Å². The van der Waals surface area contributed by atoms with Crippen LogP contribution in [0.5, 0.6) is 0 Å². The van der Waals surface area contributed by atoms with Gasteiger partial charge < -0.3 is 10.2 Å². The van der Waals surface area contributed by atoms with Crippen LogP contribution in [0, 0.1) is 0 Å². The van der Waals surface area contributed by atoms with Crippen LogP contribution in [0.4, 0.5) is 0 Å². The molecule has 1 fully saturated rings. The molecule has 2 heterocycles. The molecule has 0 spiro atoms. The summed E-state index contributed by atoms with van der Waals surface area (Å²) in [6, 6.07) is 2.98. The Bertz CT molecular complexity index is 401. The third kappa shape index (κ3) is 3.79. The molecule has 1 aliphatic carbocycles. The van der Waals surface area contributed by atoms with Crippen molar-refractivity contribution in [2.24, 2.45) is 0 Å². The molecule has 0 bridgehead atoms. The minimum absolute atomic E-state index is 0.518. The fourth-order valence-electron chi connectivity index (χ4n) is 3.09. The lowest BCUT2D eigenvalue weighted by Crippen LogP contribution is -2.38. The highest BCUT2D eigenvalue weighted by molar-refractivity contribution is 7.99. The van der Waals surface area contributed by atoms with Gasteiger partial charge >= 0.3 is 0 Å². The van der Waals surface area contributed by atoms with E-state index in [1.807, 2.05) is 0 Å². The van der Waals surface area contributed by atoms with Crippen LogP contribution in [0.25, 0.3) is 0 Å². The second-order valence-electron chi connectivity index (χ2n) is 5.93. The van der Waals surface area contributed by atoms with E-state index in [-0.39, 0.29) is 0 Å². The van der Waals surface area contributed by atoms with Crippen molar-refractivity contribution in [2.45, 2.75) is 38.6 Å². The van der Waals surface area contributed by atoms with Crippen LogP contribution < -0.4 is 5.32 Å². The molecule has 2 aliphatic rings. The molecule has 1 unspecified atom stereocenters. The summed E-state index contributed by atoms with van der Waals surface area (Å²) >= 11 is 4.14. The molecule has 0 saturated carbocycles. The summed E-state index contributed by atoms with van der Waals surface area (Å²) in [7, 11) is 0. The second kappa shape index (κ2) is 7.30. The van der Waals surface area contributed by atoms with Crippen LogP contribution in [0.15, 0.2) is 6.07 Å². The Morgan fingerprint density at radius 3 is 2.85 bits per heavy atom. The Kier molecular flexibility index (Phi) is 5.43. The minimum atomic E-state index is 0.518. The van der Waals surface area contributed by atoms with E-state index in [9.17, 15) is 0 Å². The molecule has 1 saturated heterocycles. The Hall–Kier alpha value is -0.0300. The summed E-state index contributed by atoms with van der Waals surface area (Å²) in [5, 5.41) is 3.72. The van der Waals surface area contributed by atoms with Gasteiger partial charge in [-0.25, -0.2) is 0 Å². The largest absolute Gasteiger partial charge is 0.308 e. The number of thioether (sulfide) groups is 1. The van der Waals surface area contributed by atoms with Crippen molar-refractivity contribution in [2.75, 3.05) is 37.7 Å². The molecule has 3 rings (SSSR count). The van der Waals surface area contributed by atoms with Crippen molar-refractivity contribution in [1.29, 1.82) is 0 Å².